The van der Waals surface area contributed by atoms with Gasteiger partial charge in [-0.25, -0.2) is 9.97 Å². The number of hydrogen-bond donors (Lipinski definition) is 0. The zero-order valence-corrected chi connectivity index (χ0v) is 36.6. The van der Waals surface area contributed by atoms with Gasteiger partial charge in [-0.05, 0) is 132 Å². The molecule has 0 atom stereocenters. The van der Waals surface area contributed by atoms with Crippen LogP contribution in [-0.2, 0) is 5.41 Å². The second-order valence-electron chi connectivity index (χ2n) is 18.1. The van der Waals surface area contributed by atoms with Crippen LogP contribution in [0.2, 0.25) is 0 Å². The highest BCUT2D eigenvalue weighted by atomic mass is 16.3. The zero-order valence-electron chi connectivity index (χ0n) is 36.6. The number of hydrogen-bond acceptors (Lipinski definition) is 3. The third kappa shape index (κ3) is 6.12. The van der Waals surface area contributed by atoms with Gasteiger partial charge < -0.3 is 4.42 Å². The highest BCUT2D eigenvalue weighted by molar-refractivity contribution is 6.07. The number of nitrogens with zero attached hydrogens (tertiary/aromatic N) is 2. The first-order valence-electron chi connectivity index (χ1n) is 22.7. The van der Waals surface area contributed by atoms with Crippen LogP contribution in [0.3, 0.4) is 0 Å². The van der Waals surface area contributed by atoms with Crippen molar-refractivity contribution in [2.75, 3.05) is 0 Å². The van der Waals surface area contributed by atoms with Gasteiger partial charge in [-0.1, -0.05) is 178 Å². The summed E-state index contributed by atoms with van der Waals surface area (Å²) < 4.78 is 6.28. The van der Waals surface area contributed by atoms with Crippen LogP contribution in [0.15, 0.2) is 223 Å². The third-order valence-corrected chi connectivity index (χ3v) is 13.9. The Labute approximate surface area is 383 Å². The van der Waals surface area contributed by atoms with E-state index in [9.17, 15) is 0 Å². The van der Waals surface area contributed by atoms with Gasteiger partial charge >= 0.3 is 0 Å². The lowest BCUT2D eigenvalue weighted by molar-refractivity contribution is 0.661. The van der Waals surface area contributed by atoms with Crippen LogP contribution >= 0.6 is 0 Å². The second kappa shape index (κ2) is 14.8. The third-order valence-electron chi connectivity index (χ3n) is 13.9. The van der Waals surface area contributed by atoms with Crippen molar-refractivity contribution < 1.29 is 4.42 Å². The van der Waals surface area contributed by atoms with Gasteiger partial charge in [0.2, 0.25) is 0 Å². The number of fused-ring (bicyclic) bond motifs is 8. The summed E-state index contributed by atoms with van der Waals surface area (Å²) in [5.74, 6) is 0.678. The minimum absolute atomic E-state index is 0.162. The van der Waals surface area contributed by atoms with Crippen LogP contribution in [-0.4, -0.2) is 9.97 Å². The van der Waals surface area contributed by atoms with E-state index in [1.54, 1.807) is 0 Å². The molecule has 0 unspecified atom stereocenters. The van der Waals surface area contributed by atoms with Gasteiger partial charge in [0.15, 0.2) is 5.82 Å². The molecule has 1 aliphatic carbocycles. The van der Waals surface area contributed by atoms with Crippen LogP contribution in [0, 0.1) is 0 Å². The molecule has 0 radical (unpaired) electrons. The predicted octanol–water partition coefficient (Wildman–Crippen LogP) is 17.0. The van der Waals surface area contributed by atoms with Gasteiger partial charge in [0.1, 0.15) is 11.2 Å². The van der Waals surface area contributed by atoms with Crippen LogP contribution in [0.1, 0.15) is 25.0 Å². The molecule has 66 heavy (non-hydrogen) atoms. The van der Waals surface area contributed by atoms with Gasteiger partial charge in [-0.3, -0.25) is 0 Å². The Bertz CT molecular complexity index is 3910. The van der Waals surface area contributed by atoms with Gasteiger partial charge in [0, 0.05) is 32.9 Å². The van der Waals surface area contributed by atoms with E-state index in [2.05, 4.69) is 214 Å². The lowest BCUT2D eigenvalue weighted by atomic mass is 9.81. The minimum Gasteiger partial charge on any atom is -0.456 e. The number of furan rings is 1. The van der Waals surface area contributed by atoms with Gasteiger partial charge in [0.05, 0.1) is 11.4 Å². The molecule has 1 aliphatic rings. The molecule has 3 heteroatoms. The van der Waals surface area contributed by atoms with Crippen molar-refractivity contribution in [2.45, 2.75) is 19.3 Å². The summed E-state index contributed by atoms with van der Waals surface area (Å²) in [6.07, 6.45) is 0. The normalized spacial score (nSPS) is 12.8. The highest BCUT2D eigenvalue weighted by Crippen LogP contribution is 2.54. The molecule has 12 aromatic rings. The lowest BCUT2D eigenvalue weighted by Gasteiger charge is -2.22. The molecule has 3 nitrogen and oxygen atoms in total. The highest BCUT2D eigenvalue weighted by Gasteiger charge is 2.37. The Morgan fingerprint density at radius 2 is 0.955 bits per heavy atom. The zero-order chi connectivity index (χ0) is 43.9. The summed E-state index contributed by atoms with van der Waals surface area (Å²) in [6, 6.07) is 78.6. The van der Waals surface area contributed by atoms with Crippen molar-refractivity contribution in [1.29, 1.82) is 0 Å². The van der Waals surface area contributed by atoms with E-state index in [0.717, 1.165) is 72.3 Å². The molecule has 0 saturated heterocycles. The van der Waals surface area contributed by atoms with E-state index in [-0.39, 0.29) is 5.41 Å². The molecule has 0 spiro atoms. The predicted molar refractivity (Wildman–Crippen MR) is 275 cm³/mol. The largest absolute Gasteiger partial charge is 0.456 e. The van der Waals surface area contributed by atoms with E-state index in [4.69, 9.17) is 14.4 Å². The molecular weight excluding hydrogens is 801 g/mol. The maximum atomic E-state index is 6.28. The summed E-state index contributed by atoms with van der Waals surface area (Å²) in [4.78, 5) is 10.9. The molecule has 0 amide bonds. The Balaban J connectivity index is 1.04. The molecular formula is C63H42N2O. The fraction of sp³-hybridized carbons (Fsp3) is 0.0476. The van der Waals surface area contributed by atoms with Crippen molar-refractivity contribution >= 4 is 43.5 Å². The van der Waals surface area contributed by atoms with Crippen molar-refractivity contribution in [3.63, 3.8) is 0 Å². The Hall–Kier alpha value is -8.40. The average Bonchev–Trinajstić information content (AvgIpc) is 3.86. The molecule has 10 aromatic carbocycles. The molecule has 310 valence electrons. The molecule has 13 rings (SSSR count). The summed E-state index contributed by atoms with van der Waals surface area (Å²) in [5, 5.41) is 7.13. The van der Waals surface area contributed by atoms with E-state index < -0.39 is 0 Å². The van der Waals surface area contributed by atoms with Crippen molar-refractivity contribution in [1.82, 2.24) is 9.97 Å². The SMILES string of the molecule is CC1(C)c2cc3ccccc3cc2-c2c(-c3ccccc3-c3cc(-c4cc(-c5ccc6oc7ccccc7c6c5)cc(-c5cccc6ccccc56)c4)nc(-c4ccccc4)n3)cccc21. The second-order valence-corrected chi connectivity index (χ2v) is 18.1. The summed E-state index contributed by atoms with van der Waals surface area (Å²) in [5.41, 5.74) is 18.5. The smallest absolute Gasteiger partial charge is 0.160 e. The van der Waals surface area contributed by atoms with Crippen LogP contribution < -0.4 is 0 Å². The Morgan fingerprint density at radius 1 is 0.333 bits per heavy atom. The van der Waals surface area contributed by atoms with Crippen LogP contribution in [0.25, 0.3) is 122 Å². The maximum absolute atomic E-state index is 6.28. The number of rotatable bonds is 6. The number of aromatic nitrogens is 2. The van der Waals surface area contributed by atoms with Gasteiger partial charge in [-0.15, -0.1) is 0 Å². The van der Waals surface area contributed by atoms with Crippen LogP contribution in [0.4, 0.5) is 0 Å². The fourth-order valence-corrected chi connectivity index (χ4v) is 10.6. The minimum atomic E-state index is -0.162. The molecule has 2 heterocycles. The quantitative estimate of drug-likeness (QED) is 0.167. The van der Waals surface area contributed by atoms with Gasteiger partial charge in [-0.2, -0.15) is 0 Å². The first-order valence-corrected chi connectivity index (χ1v) is 22.7. The molecule has 2 aromatic heterocycles. The topological polar surface area (TPSA) is 38.9 Å². The molecule has 0 bridgehead atoms. The van der Waals surface area contributed by atoms with E-state index in [0.29, 0.717) is 5.82 Å². The molecule has 0 saturated carbocycles. The Kier molecular flexibility index (Phi) is 8.56. The standard InChI is InChI=1S/C63H42N2O/c1-63(2)55-28-15-27-52(61(55)54-36-41-19-6-7-20-42(41)37-56(54)63)49-23-10-11-24-50(49)58-38-57(64-62(65-58)40-17-4-3-5-18-40)46-33-44(32-45(34-46)48-26-14-21-39-16-8-9-22-47(39)48)43-30-31-60-53(35-43)51-25-12-13-29-59(51)66-60/h3-38H,1-2H3. The summed E-state index contributed by atoms with van der Waals surface area (Å²) in [7, 11) is 0. The van der Waals surface area contributed by atoms with Gasteiger partial charge in [0.25, 0.3) is 0 Å². The van der Waals surface area contributed by atoms with Crippen molar-refractivity contribution in [3.8, 4) is 78.4 Å². The van der Waals surface area contributed by atoms with Crippen molar-refractivity contribution in [3.05, 3.63) is 230 Å². The number of benzene rings is 10. The number of para-hydroxylation sites is 1. The van der Waals surface area contributed by atoms with E-state index in [1.807, 2.05) is 18.2 Å². The monoisotopic (exact) mass is 842 g/mol. The van der Waals surface area contributed by atoms with E-state index >= 15 is 0 Å². The molecule has 0 fully saturated rings. The maximum Gasteiger partial charge on any atom is 0.160 e. The first-order chi connectivity index (χ1) is 32.4. The molecule has 0 N–H and O–H groups in total. The fourth-order valence-electron chi connectivity index (χ4n) is 10.6. The summed E-state index contributed by atoms with van der Waals surface area (Å²) in [6.45, 7) is 4.72. The average molecular weight is 843 g/mol. The Morgan fingerprint density at radius 3 is 1.82 bits per heavy atom. The summed E-state index contributed by atoms with van der Waals surface area (Å²) >= 11 is 0. The van der Waals surface area contributed by atoms with E-state index in [1.165, 1.54) is 54.9 Å². The molecule has 0 aliphatic heterocycles. The lowest BCUT2D eigenvalue weighted by Crippen LogP contribution is -2.14. The van der Waals surface area contributed by atoms with Crippen molar-refractivity contribution in [2.24, 2.45) is 0 Å². The van der Waals surface area contributed by atoms with Crippen LogP contribution in [0.5, 0.6) is 0 Å². The first kappa shape index (κ1) is 38.1.